The van der Waals surface area contributed by atoms with Crippen molar-refractivity contribution in [1.82, 2.24) is 20.1 Å². The maximum atomic E-state index is 13.8. The van der Waals surface area contributed by atoms with Gasteiger partial charge < -0.3 is 5.32 Å². The molecule has 3 heterocycles. The van der Waals surface area contributed by atoms with E-state index in [0.717, 1.165) is 39.2 Å². The van der Waals surface area contributed by atoms with Crippen molar-refractivity contribution < 1.29 is 9.59 Å². The molecule has 0 aliphatic carbocycles. The maximum absolute atomic E-state index is 13.8. The number of fused-ring (bicyclic) bond motifs is 1. The Hall–Kier alpha value is -3.91. The Morgan fingerprint density at radius 1 is 1.05 bits per heavy atom. The van der Waals surface area contributed by atoms with Gasteiger partial charge in [0, 0.05) is 29.9 Å². The van der Waals surface area contributed by atoms with Gasteiger partial charge in [0.15, 0.2) is 0 Å². The molecule has 8 heteroatoms. The van der Waals surface area contributed by atoms with Crippen LogP contribution in [0.2, 0.25) is 0 Å². The highest BCUT2D eigenvalue weighted by atomic mass is 32.2. The predicted octanol–water partition coefficient (Wildman–Crippen LogP) is 5.67. The van der Waals surface area contributed by atoms with Crippen LogP contribution in [-0.4, -0.2) is 38.9 Å². The van der Waals surface area contributed by atoms with Crippen LogP contribution in [-0.2, 0) is 21.5 Å². The number of benzene rings is 2. The Kier molecular flexibility index (Phi) is 7.81. The first-order valence-corrected chi connectivity index (χ1v) is 14.5. The second-order valence-corrected chi connectivity index (χ2v) is 12.4. The molecular weight excluding hydrogens is 518 g/mol. The SMILES string of the molecule is Cc1cccc([C@H]2SCC(=O)N(CC(=O)NCc3cccnc3)c3c2c(C(C)(C)C)nn3-c2cccc(C)c2)c1. The third-order valence-corrected chi connectivity index (χ3v) is 8.16. The lowest BCUT2D eigenvalue weighted by Crippen LogP contribution is -2.42. The van der Waals surface area contributed by atoms with Gasteiger partial charge in [0.2, 0.25) is 11.8 Å². The number of amides is 2. The molecule has 2 aromatic heterocycles. The summed E-state index contributed by atoms with van der Waals surface area (Å²) in [5.74, 6) is 0.554. The van der Waals surface area contributed by atoms with E-state index in [-0.39, 0.29) is 34.8 Å². The van der Waals surface area contributed by atoms with Crippen molar-refractivity contribution in [3.63, 3.8) is 0 Å². The Morgan fingerprint density at radius 3 is 2.48 bits per heavy atom. The molecule has 5 rings (SSSR count). The van der Waals surface area contributed by atoms with Crippen molar-refractivity contribution in [3.05, 3.63) is 107 Å². The van der Waals surface area contributed by atoms with E-state index in [1.807, 2.05) is 41.9 Å². The average Bonchev–Trinajstić information content (AvgIpc) is 3.26. The van der Waals surface area contributed by atoms with Crippen LogP contribution in [0.15, 0.2) is 73.1 Å². The van der Waals surface area contributed by atoms with E-state index >= 15 is 0 Å². The standard InChI is InChI=1S/C32H35N5O2S/c1-21-9-6-12-24(15-21)29-28-30(32(3,4)5)35-37(25-13-7-10-22(2)16-25)31(28)36(27(39)20-40-29)19-26(38)34-18-23-11-8-14-33-17-23/h6-17,29H,18-20H2,1-5H3,(H,34,38)/t29-/m1/s1. The molecule has 1 N–H and O–H groups in total. The van der Waals surface area contributed by atoms with Crippen LogP contribution in [0.4, 0.5) is 5.82 Å². The number of aryl methyl sites for hydroxylation is 2. The minimum Gasteiger partial charge on any atom is -0.350 e. The summed E-state index contributed by atoms with van der Waals surface area (Å²) < 4.78 is 1.86. The second-order valence-electron chi connectivity index (χ2n) is 11.3. The van der Waals surface area contributed by atoms with Crippen LogP contribution in [0.3, 0.4) is 0 Å². The highest BCUT2D eigenvalue weighted by molar-refractivity contribution is 8.00. The Balaban J connectivity index is 1.66. The van der Waals surface area contributed by atoms with Gasteiger partial charge in [-0.15, -0.1) is 11.8 Å². The molecule has 7 nitrogen and oxygen atoms in total. The quantitative estimate of drug-likeness (QED) is 0.333. The lowest BCUT2D eigenvalue weighted by atomic mass is 9.87. The van der Waals surface area contributed by atoms with Gasteiger partial charge in [0.05, 0.1) is 22.4 Å². The van der Waals surface area contributed by atoms with Gasteiger partial charge >= 0.3 is 0 Å². The molecule has 4 aromatic rings. The molecule has 0 saturated carbocycles. The van der Waals surface area contributed by atoms with Gasteiger partial charge in [-0.25, -0.2) is 4.68 Å². The first kappa shape index (κ1) is 27.6. The molecule has 2 aromatic carbocycles. The lowest BCUT2D eigenvalue weighted by molar-refractivity contribution is -0.123. The molecule has 0 saturated heterocycles. The first-order chi connectivity index (χ1) is 19.1. The molecule has 1 atom stereocenters. The molecule has 0 bridgehead atoms. The van der Waals surface area contributed by atoms with Crippen molar-refractivity contribution in [2.75, 3.05) is 17.2 Å². The molecule has 2 amide bonds. The van der Waals surface area contributed by atoms with E-state index in [1.54, 1.807) is 29.1 Å². The van der Waals surface area contributed by atoms with E-state index in [4.69, 9.17) is 5.10 Å². The van der Waals surface area contributed by atoms with Gasteiger partial charge in [-0.1, -0.05) is 68.8 Å². The maximum Gasteiger partial charge on any atom is 0.240 e. The normalized spacial score (nSPS) is 15.5. The summed E-state index contributed by atoms with van der Waals surface area (Å²) in [4.78, 5) is 32.9. The number of nitrogens with one attached hydrogen (secondary N) is 1. The molecule has 40 heavy (non-hydrogen) atoms. The topological polar surface area (TPSA) is 80.1 Å². The minimum absolute atomic E-state index is 0.103. The largest absolute Gasteiger partial charge is 0.350 e. The number of carbonyl (C=O) groups is 2. The summed E-state index contributed by atoms with van der Waals surface area (Å²) in [6, 6.07) is 20.3. The van der Waals surface area contributed by atoms with E-state index in [9.17, 15) is 9.59 Å². The van der Waals surface area contributed by atoms with Crippen molar-refractivity contribution in [2.45, 2.75) is 51.8 Å². The number of carbonyl (C=O) groups excluding carboxylic acids is 2. The molecule has 1 aliphatic rings. The molecule has 0 fully saturated rings. The minimum atomic E-state index is -0.302. The van der Waals surface area contributed by atoms with Crippen LogP contribution in [0.25, 0.3) is 5.69 Å². The van der Waals surface area contributed by atoms with Crippen LogP contribution in [0, 0.1) is 13.8 Å². The molecule has 0 spiro atoms. The summed E-state index contributed by atoms with van der Waals surface area (Å²) in [6.07, 6.45) is 3.42. The van der Waals surface area contributed by atoms with Crippen LogP contribution >= 0.6 is 11.8 Å². The fraction of sp³-hybridized carbons (Fsp3) is 0.312. The highest BCUT2D eigenvalue weighted by Crippen LogP contribution is 2.48. The molecule has 1 aliphatic heterocycles. The van der Waals surface area contributed by atoms with Crippen molar-refractivity contribution in [1.29, 1.82) is 0 Å². The first-order valence-electron chi connectivity index (χ1n) is 13.5. The van der Waals surface area contributed by atoms with E-state index in [1.165, 1.54) is 0 Å². The highest BCUT2D eigenvalue weighted by Gasteiger charge is 2.40. The smallest absolute Gasteiger partial charge is 0.240 e. The summed E-state index contributed by atoms with van der Waals surface area (Å²) in [5.41, 5.74) is 6.72. The fourth-order valence-electron chi connectivity index (χ4n) is 5.01. The van der Waals surface area contributed by atoms with E-state index < -0.39 is 0 Å². The Labute approximate surface area is 240 Å². The number of nitrogens with zero attached hydrogens (tertiary/aromatic N) is 4. The number of aromatic nitrogens is 3. The number of hydrogen-bond donors (Lipinski definition) is 1. The number of hydrogen-bond acceptors (Lipinski definition) is 5. The lowest BCUT2D eigenvalue weighted by Gasteiger charge is -2.24. The number of rotatable bonds is 6. The molecular formula is C32H35N5O2S. The molecule has 0 unspecified atom stereocenters. The fourth-order valence-corrected chi connectivity index (χ4v) is 6.20. The third-order valence-electron chi connectivity index (χ3n) is 6.90. The average molecular weight is 554 g/mol. The number of thioether (sulfide) groups is 1. The van der Waals surface area contributed by atoms with Crippen LogP contribution in [0.1, 0.15) is 59.5 Å². The summed E-state index contributed by atoms with van der Waals surface area (Å²) in [7, 11) is 0. The number of pyridine rings is 1. The second kappa shape index (κ2) is 11.3. The van der Waals surface area contributed by atoms with Crippen molar-refractivity contribution >= 4 is 29.4 Å². The van der Waals surface area contributed by atoms with E-state index in [0.29, 0.717) is 12.4 Å². The zero-order valence-corrected chi connectivity index (χ0v) is 24.5. The third kappa shape index (κ3) is 5.82. The van der Waals surface area contributed by atoms with Crippen molar-refractivity contribution in [2.24, 2.45) is 0 Å². The Bertz CT molecular complexity index is 1540. The zero-order valence-electron chi connectivity index (χ0n) is 23.6. The van der Waals surface area contributed by atoms with Gasteiger partial charge in [0.1, 0.15) is 12.4 Å². The van der Waals surface area contributed by atoms with Crippen LogP contribution in [0.5, 0.6) is 0 Å². The molecule has 0 radical (unpaired) electrons. The summed E-state index contributed by atoms with van der Waals surface area (Å²) >= 11 is 1.60. The van der Waals surface area contributed by atoms with Gasteiger partial charge in [-0.2, -0.15) is 5.10 Å². The zero-order chi connectivity index (χ0) is 28.4. The molecule has 206 valence electrons. The summed E-state index contributed by atoms with van der Waals surface area (Å²) in [5, 5.41) is 8.02. The number of anilines is 1. The van der Waals surface area contributed by atoms with Crippen molar-refractivity contribution in [3.8, 4) is 5.69 Å². The Morgan fingerprint density at radius 2 is 1.80 bits per heavy atom. The summed E-state index contributed by atoms with van der Waals surface area (Å²) in [6.45, 7) is 10.8. The van der Waals surface area contributed by atoms with Crippen LogP contribution < -0.4 is 10.2 Å². The monoisotopic (exact) mass is 553 g/mol. The van der Waals surface area contributed by atoms with Gasteiger partial charge in [-0.3, -0.25) is 19.5 Å². The predicted molar refractivity (Wildman–Crippen MR) is 161 cm³/mol. The van der Waals surface area contributed by atoms with Gasteiger partial charge in [-0.05, 0) is 48.7 Å². The van der Waals surface area contributed by atoms with Gasteiger partial charge in [0.25, 0.3) is 0 Å². The van der Waals surface area contributed by atoms with E-state index in [2.05, 4.69) is 68.3 Å².